The maximum Gasteiger partial charge on any atom is 0.246 e. The van der Waals surface area contributed by atoms with Crippen molar-refractivity contribution >= 4 is 29.0 Å². The average Bonchev–Trinajstić information content (AvgIpc) is 2.70. The number of anilines is 2. The first-order valence-corrected chi connectivity index (χ1v) is 5.64. The predicted octanol–water partition coefficient (Wildman–Crippen LogP) is 1.46. The number of hydrogen-bond acceptors (Lipinski definition) is 4. The summed E-state index contributed by atoms with van der Waals surface area (Å²) in [5.41, 5.74) is 6.91. The maximum absolute atomic E-state index is 11.8. The van der Waals surface area contributed by atoms with Gasteiger partial charge in [-0.25, -0.2) is 4.68 Å². The van der Waals surface area contributed by atoms with Gasteiger partial charge >= 0.3 is 0 Å². The van der Waals surface area contributed by atoms with E-state index in [4.69, 9.17) is 17.3 Å². The molecule has 0 saturated heterocycles. The Morgan fingerprint density at radius 2 is 2.33 bits per heavy atom. The third-order valence-electron chi connectivity index (χ3n) is 2.40. The number of nitrogens with one attached hydrogen (secondary N) is 1. The second kappa shape index (κ2) is 5.05. The highest BCUT2D eigenvalue weighted by Crippen LogP contribution is 2.22. The zero-order valence-electron chi connectivity index (χ0n) is 9.72. The smallest absolute Gasteiger partial charge is 0.246 e. The Morgan fingerprint density at radius 3 is 3.00 bits per heavy atom. The third-order valence-corrected chi connectivity index (χ3v) is 2.81. The highest BCUT2D eigenvalue weighted by atomic mass is 35.5. The lowest BCUT2D eigenvalue weighted by molar-refractivity contribution is -0.116. The van der Waals surface area contributed by atoms with Crippen LogP contribution < -0.4 is 11.1 Å². The first-order chi connectivity index (χ1) is 8.56. The van der Waals surface area contributed by atoms with E-state index in [-0.39, 0.29) is 18.3 Å². The standard InChI is InChI=1S/C11H12ClN5O/c1-7-8(12)3-2-4-9(7)14-11(18)6-17-5-10(13)15-16-17/h2-5H,6,13H2,1H3,(H,14,18). The zero-order valence-corrected chi connectivity index (χ0v) is 10.5. The fourth-order valence-electron chi connectivity index (χ4n) is 1.47. The lowest BCUT2D eigenvalue weighted by atomic mass is 10.2. The second-order valence-electron chi connectivity index (χ2n) is 3.80. The molecular weight excluding hydrogens is 254 g/mol. The van der Waals surface area contributed by atoms with Crippen LogP contribution in [0.5, 0.6) is 0 Å². The van der Waals surface area contributed by atoms with E-state index >= 15 is 0 Å². The van der Waals surface area contributed by atoms with Gasteiger partial charge in [0.15, 0.2) is 5.82 Å². The Hall–Kier alpha value is -2.08. The van der Waals surface area contributed by atoms with Gasteiger partial charge in [-0.2, -0.15) is 0 Å². The van der Waals surface area contributed by atoms with Crippen LogP contribution in [0.3, 0.4) is 0 Å². The second-order valence-corrected chi connectivity index (χ2v) is 4.21. The minimum absolute atomic E-state index is 0.0517. The van der Waals surface area contributed by atoms with Gasteiger partial charge in [-0.1, -0.05) is 22.9 Å². The summed E-state index contributed by atoms with van der Waals surface area (Å²) < 4.78 is 1.37. The lowest BCUT2D eigenvalue weighted by Gasteiger charge is -2.09. The summed E-state index contributed by atoms with van der Waals surface area (Å²) in [5.74, 6) is 0.0620. The van der Waals surface area contributed by atoms with Crippen LogP contribution in [0.25, 0.3) is 0 Å². The molecule has 0 saturated carbocycles. The number of hydrogen-bond donors (Lipinski definition) is 2. The van der Waals surface area contributed by atoms with Crippen molar-refractivity contribution in [3.63, 3.8) is 0 Å². The summed E-state index contributed by atoms with van der Waals surface area (Å²) >= 11 is 5.97. The summed E-state index contributed by atoms with van der Waals surface area (Å²) in [4.78, 5) is 11.8. The van der Waals surface area contributed by atoms with Crippen LogP contribution in [0, 0.1) is 6.92 Å². The number of halogens is 1. The van der Waals surface area contributed by atoms with E-state index in [9.17, 15) is 4.79 Å². The van der Waals surface area contributed by atoms with Gasteiger partial charge < -0.3 is 11.1 Å². The van der Waals surface area contributed by atoms with Crippen LogP contribution >= 0.6 is 11.6 Å². The van der Waals surface area contributed by atoms with E-state index < -0.39 is 0 Å². The van der Waals surface area contributed by atoms with E-state index in [1.165, 1.54) is 10.9 Å². The van der Waals surface area contributed by atoms with Crippen LogP contribution in [-0.4, -0.2) is 20.9 Å². The highest BCUT2D eigenvalue weighted by molar-refractivity contribution is 6.31. The zero-order chi connectivity index (χ0) is 13.1. The molecule has 0 aliphatic heterocycles. The van der Waals surface area contributed by atoms with E-state index in [1.807, 2.05) is 6.92 Å². The van der Waals surface area contributed by atoms with Crippen LogP contribution in [0.2, 0.25) is 5.02 Å². The fourth-order valence-corrected chi connectivity index (χ4v) is 1.64. The summed E-state index contributed by atoms with van der Waals surface area (Å²) in [7, 11) is 0. The molecule has 2 rings (SSSR count). The molecule has 0 spiro atoms. The minimum atomic E-state index is -0.217. The number of nitrogens with zero attached hydrogens (tertiary/aromatic N) is 3. The Labute approximate surface area is 109 Å². The van der Waals surface area contributed by atoms with Crippen molar-refractivity contribution in [1.29, 1.82) is 0 Å². The molecule has 3 N–H and O–H groups in total. The molecule has 0 aliphatic rings. The molecule has 1 aromatic heterocycles. The number of nitrogen functional groups attached to an aromatic ring is 1. The number of carbonyl (C=O) groups is 1. The topological polar surface area (TPSA) is 85.8 Å². The van der Waals surface area contributed by atoms with Gasteiger partial charge in [-0.3, -0.25) is 4.79 Å². The highest BCUT2D eigenvalue weighted by Gasteiger charge is 2.08. The largest absolute Gasteiger partial charge is 0.381 e. The number of benzene rings is 1. The molecule has 1 amide bonds. The minimum Gasteiger partial charge on any atom is -0.381 e. The molecule has 0 radical (unpaired) electrons. The van der Waals surface area contributed by atoms with E-state index in [0.717, 1.165) is 5.56 Å². The number of aromatic nitrogens is 3. The van der Waals surface area contributed by atoms with Gasteiger partial charge in [0, 0.05) is 10.7 Å². The molecule has 1 heterocycles. The summed E-state index contributed by atoms with van der Waals surface area (Å²) in [6.45, 7) is 1.89. The van der Waals surface area contributed by atoms with Crippen LogP contribution in [0.4, 0.5) is 11.5 Å². The monoisotopic (exact) mass is 265 g/mol. The summed E-state index contributed by atoms with van der Waals surface area (Å²) in [6.07, 6.45) is 1.49. The number of amides is 1. The van der Waals surface area contributed by atoms with Crippen LogP contribution in [-0.2, 0) is 11.3 Å². The fraction of sp³-hybridized carbons (Fsp3) is 0.182. The molecule has 7 heteroatoms. The molecule has 0 bridgehead atoms. The third kappa shape index (κ3) is 2.78. The van der Waals surface area contributed by atoms with Crippen LogP contribution in [0.15, 0.2) is 24.4 Å². The van der Waals surface area contributed by atoms with Crippen molar-refractivity contribution in [3.05, 3.63) is 35.0 Å². The molecule has 6 nitrogen and oxygen atoms in total. The molecule has 0 fully saturated rings. The molecule has 0 atom stereocenters. The van der Waals surface area contributed by atoms with Crippen LogP contribution in [0.1, 0.15) is 5.56 Å². The van der Waals surface area contributed by atoms with Crippen molar-refractivity contribution in [1.82, 2.24) is 15.0 Å². The predicted molar refractivity (Wildman–Crippen MR) is 69.3 cm³/mol. The molecule has 94 valence electrons. The van der Waals surface area contributed by atoms with Crippen molar-refractivity contribution in [3.8, 4) is 0 Å². The Kier molecular flexibility index (Phi) is 3.47. The molecular formula is C11H12ClN5O. The molecule has 0 aliphatic carbocycles. The Balaban J connectivity index is 2.05. The quantitative estimate of drug-likeness (QED) is 0.880. The van der Waals surface area contributed by atoms with Crippen molar-refractivity contribution in [2.24, 2.45) is 0 Å². The molecule has 0 unspecified atom stereocenters. The number of nitrogens with two attached hydrogens (primary N) is 1. The summed E-state index contributed by atoms with van der Waals surface area (Å²) in [6, 6.07) is 5.33. The summed E-state index contributed by atoms with van der Waals surface area (Å²) in [5, 5.41) is 10.7. The Morgan fingerprint density at radius 1 is 1.56 bits per heavy atom. The van der Waals surface area contributed by atoms with Gasteiger partial charge in [0.1, 0.15) is 6.54 Å². The van der Waals surface area contributed by atoms with E-state index in [2.05, 4.69) is 15.6 Å². The molecule has 2 aromatic rings. The van der Waals surface area contributed by atoms with Gasteiger partial charge in [0.25, 0.3) is 0 Å². The van der Waals surface area contributed by atoms with Gasteiger partial charge in [0.05, 0.1) is 6.20 Å². The normalized spacial score (nSPS) is 10.3. The average molecular weight is 266 g/mol. The molecule has 1 aromatic carbocycles. The SMILES string of the molecule is Cc1c(Cl)cccc1NC(=O)Cn1cc(N)nn1. The molecule has 18 heavy (non-hydrogen) atoms. The van der Waals surface area contributed by atoms with Crippen molar-refractivity contribution in [2.45, 2.75) is 13.5 Å². The number of rotatable bonds is 3. The van der Waals surface area contributed by atoms with Gasteiger partial charge in [-0.05, 0) is 24.6 Å². The van der Waals surface area contributed by atoms with E-state index in [1.54, 1.807) is 18.2 Å². The van der Waals surface area contributed by atoms with Gasteiger partial charge in [-0.15, -0.1) is 5.10 Å². The van der Waals surface area contributed by atoms with Gasteiger partial charge in [0.2, 0.25) is 5.91 Å². The maximum atomic E-state index is 11.8. The van der Waals surface area contributed by atoms with Crippen molar-refractivity contribution in [2.75, 3.05) is 11.1 Å². The lowest BCUT2D eigenvalue weighted by Crippen LogP contribution is -2.19. The first-order valence-electron chi connectivity index (χ1n) is 5.27. The van der Waals surface area contributed by atoms with E-state index in [0.29, 0.717) is 10.7 Å². The Bertz CT molecular complexity index is 581. The van der Waals surface area contributed by atoms with Crippen molar-refractivity contribution < 1.29 is 4.79 Å². The number of carbonyl (C=O) groups excluding carboxylic acids is 1. The first kappa shape index (κ1) is 12.4.